The Morgan fingerprint density at radius 3 is 2.89 bits per heavy atom. The number of rotatable bonds is 0. The first kappa shape index (κ1) is 10.8. The van der Waals surface area contributed by atoms with E-state index in [0.717, 1.165) is 6.42 Å². The van der Waals surface area contributed by atoms with Gasteiger partial charge in [-0.25, -0.2) is 4.79 Å². The van der Waals surface area contributed by atoms with Crippen LogP contribution in [-0.2, 0) is 9.53 Å². The zero-order chi connectivity index (χ0) is 12.8. The molecule has 0 aromatic rings. The molecule has 4 aliphatic rings. The Morgan fingerprint density at radius 2 is 2.17 bits per heavy atom. The Morgan fingerprint density at radius 1 is 1.44 bits per heavy atom. The van der Waals surface area contributed by atoms with Crippen molar-refractivity contribution in [3.8, 4) is 0 Å². The maximum absolute atomic E-state index is 11.6. The zero-order valence-corrected chi connectivity index (χ0v) is 10.6. The van der Waals surface area contributed by atoms with Gasteiger partial charge in [0.2, 0.25) is 0 Å². The minimum atomic E-state index is -0.548. The number of fused-ring (bicyclic) bond motifs is 4. The molecule has 1 aliphatic heterocycles. The maximum Gasteiger partial charge on any atom is 0.334 e. The lowest BCUT2D eigenvalue weighted by Gasteiger charge is -2.46. The standard InChI is InChI=1S/C15H18O3/c1-6-8-4-9(8)15(3)5-10-11(13(16)12(6)15)7(2)14(17)18-10/h8-13,16H,1-2,4-5H2,3H3. The van der Waals surface area contributed by atoms with Gasteiger partial charge in [-0.15, -0.1) is 0 Å². The molecule has 0 radical (unpaired) electrons. The Balaban J connectivity index is 1.77. The molecule has 1 heterocycles. The fraction of sp³-hybridized carbons (Fsp3) is 0.667. The molecule has 3 aliphatic carbocycles. The van der Waals surface area contributed by atoms with Crippen LogP contribution in [0.1, 0.15) is 19.8 Å². The minimum Gasteiger partial charge on any atom is -0.458 e. The highest BCUT2D eigenvalue weighted by Gasteiger charge is 2.69. The van der Waals surface area contributed by atoms with E-state index >= 15 is 0 Å². The van der Waals surface area contributed by atoms with Crippen molar-refractivity contribution in [1.29, 1.82) is 0 Å². The van der Waals surface area contributed by atoms with Crippen molar-refractivity contribution >= 4 is 5.97 Å². The number of esters is 1. The van der Waals surface area contributed by atoms with Gasteiger partial charge in [0.05, 0.1) is 12.0 Å². The molecule has 0 bridgehead atoms. The summed E-state index contributed by atoms with van der Waals surface area (Å²) in [5, 5.41) is 10.7. The van der Waals surface area contributed by atoms with E-state index in [1.807, 2.05) is 0 Å². The molecule has 18 heavy (non-hydrogen) atoms. The molecular weight excluding hydrogens is 228 g/mol. The Bertz CT molecular complexity index is 494. The number of aliphatic hydroxyl groups is 1. The Labute approximate surface area is 107 Å². The fourth-order valence-corrected chi connectivity index (χ4v) is 4.99. The topological polar surface area (TPSA) is 46.5 Å². The molecule has 7 atom stereocenters. The van der Waals surface area contributed by atoms with Gasteiger partial charge in [-0.1, -0.05) is 25.7 Å². The molecule has 3 nitrogen and oxygen atoms in total. The zero-order valence-electron chi connectivity index (χ0n) is 10.6. The molecule has 0 amide bonds. The number of aliphatic hydroxyl groups excluding tert-OH is 1. The van der Waals surface area contributed by atoms with Crippen molar-refractivity contribution in [3.63, 3.8) is 0 Å². The van der Waals surface area contributed by atoms with Crippen molar-refractivity contribution in [3.05, 3.63) is 24.3 Å². The van der Waals surface area contributed by atoms with Crippen LogP contribution in [0.4, 0.5) is 0 Å². The number of carbonyl (C=O) groups excluding carboxylic acids is 1. The third-order valence-electron chi connectivity index (χ3n) is 5.90. The predicted molar refractivity (Wildman–Crippen MR) is 65.5 cm³/mol. The van der Waals surface area contributed by atoms with E-state index in [2.05, 4.69) is 20.1 Å². The molecule has 4 rings (SSSR count). The third kappa shape index (κ3) is 0.993. The van der Waals surface area contributed by atoms with Gasteiger partial charge >= 0.3 is 5.97 Å². The summed E-state index contributed by atoms with van der Waals surface area (Å²) in [6, 6.07) is 0. The summed E-state index contributed by atoms with van der Waals surface area (Å²) >= 11 is 0. The van der Waals surface area contributed by atoms with Crippen molar-refractivity contribution in [2.75, 3.05) is 0 Å². The third-order valence-corrected chi connectivity index (χ3v) is 5.90. The van der Waals surface area contributed by atoms with Gasteiger partial charge in [0.25, 0.3) is 0 Å². The summed E-state index contributed by atoms with van der Waals surface area (Å²) in [5.41, 5.74) is 1.70. The van der Waals surface area contributed by atoms with Gasteiger partial charge in [-0.3, -0.25) is 0 Å². The smallest absolute Gasteiger partial charge is 0.334 e. The molecular formula is C15H18O3. The minimum absolute atomic E-state index is 0.0627. The van der Waals surface area contributed by atoms with E-state index in [0.29, 0.717) is 17.4 Å². The molecule has 1 N–H and O–H groups in total. The molecule has 3 heteroatoms. The van der Waals surface area contributed by atoms with Crippen LogP contribution < -0.4 is 0 Å². The molecule has 1 saturated heterocycles. The lowest BCUT2D eigenvalue weighted by molar-refractivity contribution is -0.145. The second-order valence-electron chi connectivity index (χ2n) is 6.70. The largest absolute Gasteiger partial charge is 0.458 e. The summed E-state index contributed by atoms with van der Waals surface area (Å²) in [6.07, 6.45) is 1.33. The summed E-state index contributed by atoms with van der Waals surface area (Å²) < 4.78 is 5.40. The summed E-state index contributed by atoms with van der Waals surface area (Å²) in [5.74, 6) is 0.805. The summed E-state index contributed by atoms with van der Waals surface area (Å²) in [6.45, 7) is 10.2. The Kier molecular flexibility index (Phi) is 1.74. The first-order valence-electron chi connectivity index (χ1n) is 6.71. The van der Waals surface area contributed by atoms with Crippen LogP contribution >= 0.6 is 0 Å². The summed E-state index contributed by atoms with van der Waals surface area (Å²) in [4.78, 5) is 11.6. The SMILES string of the molecule is C=C1C(=O)OC2CC3(C)C4CC4C(=C)C3C(O)C12. The number of carbonyl (C=O) groups is 1. The van der Waals surface area contributed by atoms with Crippen molar-refractivity contribution in [2.45, 2.75) is 32.0 Å². The first-order valence-corrected chi connectivity index (χ1v) is 6.71. The van der Waals surface area contributed by atoms with E-state index < -0.39 is 6.10 Å². The van der Waals surface area contributed by atoms with E-state index in [4.69, 9.17) is 4.74 Å². The van der Waals surface area contributed by atoms with E-state index in [1.54, 1.807) is 0 Å². The van der Waals surface area contributed by atoms with Gasteiger partial charge in [-0.05, 0) is 30.1 Å². The molecule has 0 aromatic carbocycles. The van der Waals surface area contributed by atoms with Crippen molar-refractivity contribution < 1.29 is 14.6 Å². The van der Waals surface area contributed by atoms with Gasteiger partial charge in [0.15, 0.2) is 0 Å². The van der Waals surface area contributed by atoms with Gasteiger partial charge in [0, 0.05) is 11.5 Å². The van der Waals surface area contributed by atoms with E-state index in [1.165, 1.54) is 12.0 Å². The van der Waals surface area contributed by atoms with Crippen LogP contribution in [0.5, 0.6) is 0 Å². The highest BCUT2D eigenvalue weighted by atomic mass is 16.6. The lowest BCUT2D eigenvalue weighted by atomic mass is 9.60. The molecule has 96 valence electrons. The lowest BCUT2D eigenvalue weighted by Crippen LogP contribution is -2.50. The van der Waals surface area contributed by atoms with Gasteiger partial charge in [-0.2, -0.15) is 0 Å². The van der Waals surface area contributed by atoms with E-state index in [-0.39, 0.29) is 29.3 Å². The first-order chi connectivity index (χ1) is 8.45. The van der Waals surface area contributed by atoms with Gasteiger partial charge in [0.1, 0.15) is 6.10 Å². The van der Waals surface area contributed by atoms with Crippen LogP contribution in [-0.4, -0.2) is 23.3 Å². The molecule has 4 fully saturated rings. The fourth-order valence-electron chi connectivity index (χ4n) is 4.99. The van der Waals surface area contributed by atoms with Gasteiger partial charge < -0.3 is 9.84 Å². The predicted octanol–water partition coefficient (Wildman–Crippen LogP) is 1.68. The highest BCUT2D eigenvalue weighted by molar-refractivity contribution is 5.91. The quantitative estimate of drug-likeness (QED) is 0.402. The van der Waals surface area contributed by atoms with Crippen LogP contribution in [0.3, 0.4) is 0 Å². The number of ether oxygens (including phenoxy) is 1. The monoisotopic (exact) mass is 246 g/mol. The van der Waals surface area contributed by atoms with Crippen LogP contribution in [0, 0.1) is 29.1 Å². The van der Waals surface area contributed by atoms with Crippen LogP contribution in [0.15, 0.2) is 24.3 Å². The highest BCUT2D eigenvalue weighted by Crippen LogP contribution is 2.72. The second kappa shape index (κ2) is 2.90. The molecule has 3 saturated carbocycles. The average molecular weight is 246 g/mol. The van der Waals surface area contributed by atoms with Crippen molar-refractivity contribution in [2.24, 2.45) is 29.1 Å². The average Bonchev–Trinajstić information content (AvgIpc) is 2.98. The molecule has 7 unspecified atom stereocenters. The normalized spacial score (nSPS) is 56.9. The second-order valence-corrected chi connectivity index (χ2v) is 6.70. The molecule has 0 spiro atoms. The maximum atomic E-state index is 11.6. The summed E-state index contributed by atoms with van der Waals surface area (Å²) in [7, 11) is 0. The van der Waals surface area contributed by atoms with E-state index in [9.17, 15) is 9.90 Å². The van der Waals surface area contributed by atoms with Crippen LogP contribution in [0.2, 0.25) is 0 Å². The molecule has 0 aromatic heterocycles. The Hall–Kier alpha value is -1.09. The van der Waals surface area contributed by atoms with Crippen LogP contribution in [0.25, 0.3) is 0 Å². The number of hydrogen-bond acceptors (Lipinski definition) is 3. The van der Waals surface area contributed by atoms with Crippen molar-refractivity contribution in [1.82, 2.24) is 0 Å². The number of hydrogen-bond donors (Lipinski definition) is 1.